The summed E-state index contributed by atoms with van der Waals surface area (Å²) in [4.78, 5) is 12.7. The largest absolute Gasteiger partial charge is 0.325 e. The maximum absolute atomic E-state index is 12.7. The van der Waals surface area contributed by atoms with Crippen LogP contribution in [0.3, 0.4) is 0 Å². The monoisotopic (exact) mass is 299 g/mol. The average molecular weight is 300 g/mol. The van der Waals surface area contributed by atoms with Gasteiger partial charge in [-0.1, -0.05) is 47.5 Å². The number of carbonyl (C=O) groups is 1. The van der Waals surface area contributed by atoms with Crippen molar-refractivity contribution in [3.8, 4) is 0 Å². The second-order valence-electron chi connectivity index (χ2n) is 5.86. The quantitative estimate of drug-likeness (QED) is 0.880. The fourth-order valence-electron chi connectivity index (χ4n) is 2.62. The van der Waals surface area contributed by atoms with E-state index < -0.39 is 0 Å². The van der Waals surface area contributed by atoms with Crippen LogP contribution >= 0.6 is 11.6 Å². The zero-order valence-corrected chi connectivity index (χ0v) is 13.0. The fourth-order valence-corrected chi connectivity index (χ4v) is 2.79. The molecule has 108 valence electrons. The van der Waals surface area contributed by atoms with Crippen molar-refractivity contribution in [1.29, 1.82) is 0 Å². The van der Waals surface area contributed by atoms with Crippen LogP contribution in [0.1, 0.15) is 29.5 Å². The van der Waals surface area contributed by atoms with Crippen molar-refractivity contribution < 1.29 is 4.79 Å². The van der Waals surface area contributed by atoms with Crippen LogP contribution in [0.25, 0.3) is 0 Å². The minimum absolute atomic E-state index is 0.0664. The van der Waals surface area contributed by atoms with E-state index in [9.17, 15) is 4.79 Å². The highest BCUT2D eigenvalue weighted by Gasteiger charge is 2.51. The van der Waals surface area contributed by atoms with E-state index >= 15 is 0 Å². The van der Waals surface area contributed by atoms with Gasteiger partial charge in [0.15, 0.2) is 0 Å². The van der Waals surface area contributed by atoms with Crippen molar-refractivity contribution in [3.05, 3.63) is 64.2 Å². The third-order valence-electron chi connectivity index (χ3n) is 4.24. The molecule has 0 aliphatic heterocycles. The molecule has 1 N–H and O–H groups in total. The minimum Gasteiger partial charge on any atom is -0.325 e. The molecule has 1 fully saturated rings. The molecule has 0 unspecified atom stereocenters. The number of benzene rings is 2. The van der Waals surface area contributed by atoms with Crippen molar-refractivity contribution in [1.82, 2.24) is 0 Å². The summed E-state index contributed by atoms with van der Waals surface area (Å²) in [7, 11) is 0. The highest BCUT2D eigenvalue weighted by Crippen LogP contribution is 2.49. The Hall–Kier alpha value is -1.80. The first-order chi connectivity index (χ1) is 10.0. The van der Waals surface area contributed by atoms with E-state index in [0.29, 0.717) is 5.02 Å². The minimum atomic E-state index is -0.359. The summed E-state index contributed by atoms with van der Waals surface area (Å²) in [6, 6.07) is 13.8. The number of hydrogen-bond donors (Lipinski definition) is 1. The first-order valence-electron chi connectivity index (χ1n) is 7.16. The standard InChI is InChI=1S/C18H18ClNO/c1-12-3-6-14(7-4-12)18(9-10-18)17(21)20-16-11-15(19)8-5-13(16)2/h3-8,11H,9-10H2,1-2H3,(H,20,21). The zero-order chi connectivity index (χ0) is 15.0. The molecule has 0 saturated heterocycles. The van der Waals surface area contributed by atoms with E-state index in [1.165, 1.54) is 5.56 Å². The Bertz CT molecular complexity index is 687. The molecule has 3 rings (SSSR count). The van der Waals surface area contributed by atoms with Crippen molar-refractivity contribution in [2.24, 2.45) is 0 Å². The molecular weight excluding hydrogens is 282 g/mol. The Morgan fingerprint density at radius 3 is 2.38 bits per heavy atom. The molecule has 1 aliphatic rings. The van der Waals surface area contributed by atoms with Gasteiger partial charge in [0.2, 0.25) is 5.91 Å². The number of halogens is 1. The van der Waals surface area contributed by atoms with Gasteiger partial charge in [-0.25, -0.2) is 0 Å². The van der Waals surface area contributed by atoms with Gasteiger partial charge in [0.25, 0.3) is 0 Å². The number of carbonyl (C=O) groups excluding carboxylic acids is 1. The Labute approximate surface area is 130 Å². The summed E-state index contributed by atoms with van der Waals surface area (Å²) in [5, 5.41) is 3.68. The van der Waals surface area contributed by atoms with Gasteiger partial charge in [0.05, 0.1) is 5.41 Å². The van der Waals surface area contributed by atoms with Crippen molar-refractivity contribution >= 4 is 23.2 Å². The number of hydrogen-bond acceptors (Lipinski definition) is 1. The molecule has 0 heterocycles. The van der Waals surface area contributed by atoms with Crippen LogP contribution in [0, 0.1) is 13.8 Å². The number of amides is 1. The normalized spacial score (nSPS) is 15.6. The van der Waals surface area contributed by atoms with Gasteiger partial charge in [0, 0.05) is 10.7 Å². The Kier molecular flexibility index (Phi) is 3.50. The van der Waals surface area contributed by atoms with E-state index in [2.05, 4.69) is 36.5 Å². The van der Waals surface area contributed by atoms with E-state index in [1.54, 1.807) is 6.07 Å². The van der Waals surface area contributed by atoms with Gasteiger partial charge >= 0.3 is 0 Å². The lowest BCUT2D eigenvalue weighted by atomic mass is 9.94. The van der Waals surface area contributed by atoms with Gasteiger partial charge in [-0.2, -0.15) is 0 Å². The van der Waals surface area contributed by atoms with E-state index in [1.807, 2.05) is 19.1 Å². The molecule has 2 nitrogen and oxygen atoms in total. The molecule has 1 aliphatic carbocycles. The van der Waals surface area contributed by atoms with Crippen LogP contribution in [0.2, 0.25) is 5.02 Å². The van der Waals surface area contributed by atoms with Gasteiger partial charge in [-0.15, -0.1) is 0 Å². The van der Waals surface area contributed by atoms with Crippen LogP contribution in [0.4, 0.5) is 5.69 Å². The molecule has 1 amide bonds. The molecule has 21 heavy (non-hydrogen) atoms. The molecule has 3 heteroatoms. The molecule has 0 radical (unpaired) electrons. The fraction of sp³-hybridized carbons (Fsp3) is 0.278. The number of aryl methyl sites for hydroxylation is 2. The zero-order valence-electron chi connectivity index (χ0n) is 12.2. The molecule has 0 bridgehead atoms. The smallest absolute Gasteiger partial charge is 0.235 e. The summed E-state index contributed by atoms with van der Waals surface area (Å²) in [5.41, 5.74) is 3.77. The van der Waals surface area contributed by atoms with Crippen LogP contribution in [-0.4, -0.2) is 5.91 Å². The van der Waals surface area contributed by atoms with Crippen LogP contribution < -0.4 is 5.32 Å². The lowest BCUT2D eigenvalue weighted by Gasteiger charge is -2.17. The van der Waals surface area contributed by atoms with Crippen molar-refractivity contribution in [3.63, 3.8) is 0 Å². The second-order valence-corrected chi connectivity index (χ2v) is 6.30. The SMILES string of the molecule is Cc1ccc(C2(C(=O)Nc3cc(Cl)ccc3C)CC2)cc1. The Morgan fingerprint density at radius 1 is 1.10 bits per heavy atom. The summed E-state index contributed by atoms with van der Waals surface area (Å²) < 4.78 is 0. The highest BCUT2D eigenvalue weighted by atomic mass is 35.5. The molecular formula is C18H18ClNO. The lowest BCUT2D eigenvalue weighted by molar-refractivity contribution is -0.118. The summed E-state index contributed by atoms with van der Waals surface area (Å²) in [6.07, 6.45) is 1.81. The molecule has 2 aromatic rings. The summed E-state index contributed by atoms with van der Waals surface area (Å²) in [6.45, 7) is 4.02. The predicted octanol–water partition coefficient (Wildman–Crippen LogP) is 4.63. The Balaban J connectivity index is 1.85. The van der Waals surface area contributed by atoms with Crippen LogP contribution in [0.15, 0.2) is 42.5 Å². The van der Waals surface area contributed by atoms with Gasteiger partial charge in [-0.05, 0) is 49.9 Å². The first-order valence-corrected chi connectivity index (χ1v) is 7.54. The van der Waals surface area contributed by atoms with Gasteiger partial charge in [0.1, 0.15) is 0 Å². The van der Waals surface area contributed by atoms with E-state index in [-0.39, 0.29) is 11.3 Å². The Morgan fingerprint density at radius 2 is 1.76 bits per heavy atom. The molecule has 0 aromatic heterocycles. The topological polar surface area (TPSA) is 29.1 Å². The molecule has 0 spiro atoms. The maximum atomic E-state index is 12.7. The van der Waals surface area contributed by atoms with Crippen LogP contribution in [-0.2, 0) is 10.2 Å². The van der Waals surface area contributed by atoms with E-state index in [0.717, 1.165) is 29.7 Å². The van der Waals surface area contributed by atoms with Gasteiger partial charge < -0.3 is 5.32 Å². The molecule has 0 atom stereocenters. The highest BCUT2D eigenvalue weighted by molar-refractivity contribution is 6.31. The number of anilines is 1. The molecule has 1 saturated carbocycles. The number of nitrogens with one attached hydrogen (secondary N) is 1. The van der Waals surface area contributed by atoms with Crippen molar-refractivity contribution in [2.75, 3.05) is 5.32 Å². The predicted molar refractivity (Wildman–Crippen MR) is 86.9 cm³/mol. The van der Waals surface area contributed by atoms with E-state index in [4.69, 9.17) is 11.6 Å². The van der Waals surface area contributed by atoms with Crippen LogP contribution in [0.5, 0.6) is 0 Å². The first kappa shape index (κ1) is 14.2. The summed E-state index contributed by atoms with van der Waals surface area (Å²) in [5.74, 6) is 0.0664. The van der Waals surface area contributed by atoms with Gasteiger partial charge in [-0.3, -0.25) is 4.79 Å². The average Bonchev–Trinajstić information content (AvgIpc) is 3.25. The summed E-state index contributed by atoms with van der Waals surface area (Å²) >= 11 is 6.01. The second kappa shape index (κ2) is 5.19. The number of rotatable bonds is 3. The maximum Gasteiger partial charge on any atom is 0.235 e. The third-order valence-corrected chi connectivity index (χ3v) is 4.47. The third kappa shape index (κ3) is 2.68. The molecule has 2 aromatic carbocycles. The lowest BCUT2D eigenvalue weighted by Crippen LogP contribution is -2.28. The van der Waals surface area contributed by atoms with Crippen molar-refractivity contribution in [2.45, 2.75) is 32.1 Å².